The Balaban J connectivity index is 2.27. The van der Waals surface area contributed by atoms with Crippen LogP contribution < -0.4 is 0 Å². The number of aliphatic hydroxyl groups is 3. The lowest BCUT2D eigenvalue weighted by Crippen LogP contribution is -2.65. The highest BCUT2D eigenvalue weighted by molar-refractivity contribution is 6.13. The van der Waals surface area contributed by atoms with Crippen LogP contribution in [0.3, 0.4) is 0 Å². The standard InChI is InChI=1S/C11H15NO7/c1-18-11-8(12-6(14)2-3-7(12)15)10(17)9(16)5(4-13)19-11/h2-3,5,8-11,13,16-17H,4H2,1H3/t5-,8+,9+,10-,11-/m1/s1. The minimum Gasteiger partial charge on any atom is -0.394 e. The smallest absolute Gasteiger partial charge is 0.254 e. The van der Waals surface area contributed by atoms with Gasteiger partial charge in [0.15, 0.2) is 6.29 Å². The minimum atomic E-state index is -1.47. The Kier molecular flexibility index (Phi) is 3.97. The summed E-state index contributed by atoms with van der Waals surface area (Å²) in [7, 11) is 1.27. The van der Waals surface area contributed by atoms with Gasteiger partial charge >= 0.3 is 0 Å². The van der Waals surface area contributed by atoms with Crippen molar-refractivity contribution in [2.75, 3.05) is 13.7 Å². The van der Waals surface area contributed by atoms with Gasteiger partial charge in [0.1, 0.15) is 24.4 Å². The van der Waals surface area contributed by atoms with Crippen molar-refractivity contribution in [2.45, 2.75) is 30.6 Å². The summed E-state index contributed by atoms with van der Waals surface area (Å²) in [6.45, 7) is -0.523. The van der Waals surface area contributed by atoms with E-state index in [1.165, 1.54) is 7.11 Å². The van der Waals surface area contributed by atoms with Gasteiger partial charge in [0.25, 0.3) is 11.8 Å². The first-order valence-corrected chi connectivity index (χ1v) is 5.71. The summed E-state index contributed by atoms with van der Waals surface area (Å²) in [6.07, 6.45) is -2.94. The van der Waals surface area contributed by atoms with Crippen LogP contribution in [0.4, 0.5) is 0 Å². The van der Waals surface area contributed by atoms with Gasteiger partial charge in [-0.2, -0.15) is 0 Å². The van der Waals surface area contributed by atoms with E-state index in [0.717, 1.165) is 17.1 Å². The largest absolute Gasteiger partial charge is 0.394 e. The van der Waals surface area contributed by atoms with E-state index >= 15 is 0 Å². The van der Waals surface area contributed by atoms with Gasteiger partial charge in [-0.3, -0.25) is 14.5 Å². The first-order valence-electron chi connectivity index (χ1n) is 5.71. The normalized spacial score (nSPS) is 39.2. The number of carbonyl (C=O) groups is 2. The van der Waals surface area contributed by atoms with E-state index in [2.05, 4.69) is 0 Å². The Bertz CT molecular complexity index is 390. The molecule has 0 spiro atoms. The summed E-state index contributed by atoms with van der Waals surface area (Å²) < 4.78 is 10.2. The summed E-state index contributed by atoms with van der Waals surface area (Å²) in [6, 6.07) is -1.17. The molecule has 2 aliphatic rings. The molecular formula is C11H15NO7. The molecular weight excluding hydrogens is 258 g/mol. The monoisotopic (exact) mass is 273 g/mol. The van der Waals surface area contributed by atoms with E-state index < -0.39 is 49.1 Å². The highest BCUT2D eigenvalue weighted by Crippen LogP contribution is 2.27. The fourth-order valence-corrected chi connectivity index (χ4v) is 2.24. The molecule has 1 saturated heterocycles. The Morgan fingerprint density at radius 2 is 1.84 bits per heavy atom. The minimum absolute atomic E-state index is 0.523. The van der Waals surface area contributed by atoms with Crippen LogP contribution in [-0.4, -0.2) is 76.4 Å². The van der Waals surface area contributed by atoms with Crippen molar-refractivity contribution in [3.63, 3.8) is 0 Å². The van der Waals surface area contributed by atoms with Gasteiger partial charge in [-0.05, 0) is 0 Å². The fraction of sp³-hybridized carbons (Fsp3) is 0.636. The third-order valence-corrected chi connectivity index (χ3v) is 3.22. The Labute approximate surface area is 108 Å². The number of amides is 2. The van der Waals surface area contributed by atoms with Crippen LogP contribution in [0.1, 0.15) is 0 Å². The highest BCUT2D eigenvalue weighted by atomic mass is 16.7. The van der Waals surface area contributed by atoms with E-state index in [-0.39, 0.29) is 0 Å². The third kappa shape index (κ3) is 2.28. The molecule has 0 aromatic heterocycles. The van der Waals surface area contributed by atoms with Crippen molar-refractivity contribution in [1.29, 1.82) is 0 Å². The molecule has 0 aromatic rings. The summed E-state index contributed by atoms with van der Waals surface area (Å²) in [5, 5.41) is 28.9. The van der Waals surface area contributed by atoms with Crippen LogP contribution in [0, 0.1) is 0 Å². The maximum Gasteiger partial charge on any atom is 0.254 e. The molecule has 8 nitrogen and oxygen atoms in total. The predicted octanol–water partition coefficient (Wildman–Crippen LogP) is -2.63. The molecule has 2 aliphatic heterocycles. The zero-order valence-electron chi connectivity index (χ0n) is 10.2. The second-order valence-corrected chi connectivity index (χ2v) is 4.31. The topological polar surface area (TPSA) is 117 Å². The lowest BCUT2D eigenvalue weighted by atomic mass is 9.96. The number of nitrogens with zero attached hydrogens (tertiary/aromatic N) is 1. The number of aliphatic hydroxyl groups excluding tert-OH is 3. The van der Waals surface area contributed by atoms with Crippen molar-refractivity contribution < 1.29 is 34.4 Å². The molecule has 0 radical (unpaired) electrons. The summed E-state index contributed by atoms with van der Waals surface area (Å²) in [5.41, 5.74) is 0. The second-order valence-electron chi connectivity index (χ2n) is 4.31. The molecule has 19 heavy (non-hydrogen) atoms. The van der Waals surface area contributed by atoms with Gasteiger partial charge in [-0.15, -0.1) is 0 Å². The third-order valence-electron chi connectivity index (χ3n) is 3.22. The summed E-state index contributed by atoms with van der Waals surface area (Å²) in [4.78, 5) is 24.0. The van der Waals surface area contributed by atoms with Crippen molar-refractivity contribution in [2.24, 2.45) is 0 Å². The summed E-state index contributed by atoms with van der Waals surface area (Å²) >= 11 is 0. The number of imide groups is 1. The molecule has 0 unspecified atom stereocenters. The molecule has 0 aliphatic carbocycles. The van der Waals surface area contributed by atoms with Crippen LogP contribution >= 0.6 is 0 Å². The van der Waals surface area contributed by atoms with E-state index in [1.54, 1.807) is 0 Å². The Morgan fingerprint density at radius 1 is 1.26 bits per heavy atom. The average Bonchev–Trinajstić information content (AvgIpc) is 2.72. The number of carbonyl (C=O) groups excluding carboxylic acids is 2. The van der Waals surface area contributed by atoms with Gasteiger partial charge in [0.05, 0.1) is 6.61 Å². The Hall–Kier alpha value is -1.32. The molecule has 2 rings (SSSR count). The second kappa shape index (κ2) is 5.35. The van der Waals surface area contributed by atoms with Gasteiger partial charge < -0.3 is 24.8 Å². The molecule has 0 aromatic carbocycles. The van der Waals surface area contributed by atoms with E-state index in [9.17, 15) is 19.8 Å². The van der Waals surface area contributed by atoms with Crippen LogP contribution in [-0.2, 0) is 19.1 Å². The molecule has 2 amide bonds. The molecule has 2 heterocycles. The number of hydrogen-bond donors (Lipinski definition) is 3. The average molecular weight is 273 g/mol. The predicted molar refractivity (Wildman–Crippen MR) is 59.6 cm³/mol. The molecule has 0 saturated carbocycles. The fourth-order valence-electron chi connectivity index (χ4n) is 2.24. The maximum absolute atomic E-state index is 11.6. The van der Waals surface area contributed by atoms with E-state index in [4.69, 9.17) is 14.6 Å². The first kappa shape index (κ1) is 14.1. The van der Waals surface area contributed by atoms with Gasteiger partial charge in [0, 0.05) is 19.3 Å². The van der Waals surface area contributed by atoms with Gasteiger partial charge in [-0.1, -0.05) is 0 Å². The zero-order valence-corrected chi connectivity index (χ0v) is 10.2. The number of hydrogen-bond acceptors (Lipinski definition) is 7. The van der Waals surface area contributed by atoms with Crippen molar-refractivity contribution in [3.05, 3.63) is 12.2 Å². The quantitative estimate of drug-likeness (QED) is 0.481. The van der Waals surface area contributed by atoms with Crippen molar-refractivity contribution in [1.82, 2.24) is 4.90 Å². The number of methoxy groups -OCH3 is 1. The van der Waals surface area contributed by atoms with E-state index in [1.807, 2.05) is 0 Å². The lowest BCUT2D eigenvalue weighted by Gasteiger charge is -2.44. The molecule has 3 N–H and O–H groups in total. The highest BCUT2D eigenvalue weighted by Gasteiger charge is 2.50. The molecule has 106 valence electrons. The van der Waals surface area contributed by atoms with Crippen LogP contribution in [0.25, 0.3) is 0 Å². The van der Waals surface area contributed by atoms with Crippen LogP contribution in [0.2, 0.25) is 0 Å². The van der Waals surface area contributed by atoms with Gasteiger partial charge in [0.2, 0.25) is 0 Å². The number of rotatable bonds is 3. The zero-order chi connectivity index (χ0) is 14.2. The van der Waals surface area contributed by atoms with Gasteiger partial charge in [-0.25, -0.2) is 0 Å². The van der Waals surface area contributed by atoms with E-state index in [0.29, 0.717) is 0 Å². The molecule has 0 bridgehead atoms. The summed E-state index contributed by atoms with van der Waals surface area (Å²) in [5.74, 6) is -1.23. The Morgan fingerprint density at radius 3 is 2.32 bits per heavy atom. The van der Waals surface area contributed by atoms with Crippen molar-refractivity contribution >= 4 is 11.8 Å². The number of ether oxygens (including phenoxy) is 2. The lowest BCUT2D eigenvalue weighted by molar-refractivity contribution is -0.275. The SMILES string of the molecule is CO[C@@H]1O[C@H](CO)[C@H](O)[C@H](O)[C@@H]1N1C(=O)C=CC1=O. The molecule has 8 heteroatoms. The maximum atomic E-state index is 11.6. The first-order chi connectivity index (χ1) is 9.01. The van der Waals surface area contributed by atoms with Crippen LogP contribution in [0.15, 0.2) is 12.2 Å². The molecule has 1 fully saturated rings. The molecule has 5 atom stereocenters. The van der Waals surface area contributed by atoms with Crippen LogP contribution in [0.5, 0.6) is 0 Å². The van der Waals surface area contributed by atoms with Crippen molar-refractivity contribution in [3.8, 4) is 0 Å².